The molecule has 0 unspecified atom stereocenters. The summed E-state index contributed by atoms with van der Waals surface area (Å²) in [6, 6.07) is 10.5. The Hall–Kier alpha value is -1.16. The van der Waals surface area contributed by atoms with Crippen molar-refractivity contribution in [2.45, 2.75) is 25.3 Å². The molecule has 0 radical (unpaired) electrons. The molecule has 0 atom stereocenters. The maximum atomic E-state index is 5.61. The van der Waals surface area contributed by atoms with E-state index in [-0.39, 0.29) is 29.5 Å². The molecule has 7 heteroatoms. The largest absolute Gasteiger partial charge is 0.381 e. The highest BCUT2D eigenvalue weighted by Crippen LogP contribution is 2.26. The van der Waals surface area contributed by atoms with Crippen molar-refractivity contribution < 1.29 is 4.74 Å². The molecule has 2 aliphatic heterocycles. The van der Waals surface area contributed by atoms with Gasteiger partial charge < -0.3 is 19.9 Å². The van der Waals surface area contributed by atoms with Crippen molar-refractivity contribution in [3.8, 4) is 0 Å². The zero-order chi connectivity index (χ0) is 21.2. The average Bonchev–Trinajstić information content (AvgIpc) is 2.78. The number of halogens is 1. The lowest BCUT2D eigenvalue weighted by Crippen LogP contribution is -2.54. The summed E-state index contributed by atoms with van der Waals surface area (Å²) in [4.78, 5) is 12.4. The zero-order valence-corrected chi connectivity index (χ0v) is 21.8. The van der Waals surface area contributed by atoms with Crippen LogP contribution in [0.3, 0.4) is 0 Å². The van der Waals surface area contributed by atoms with Crippen LogP contribution in [0.15, 0.2) is 41.4 Å². The molecule has 2 saturated heterocycles. The molecule has 2 heterocycles. The van der Waals surface area contributed by atoms with Gasteiger partial charge in [-0.15, -0.1) is 24.0 Å². The Morgan fingerprint density at radius 1 is 1.13 bits per heavy atom. The van der Waals surface area contributed by atoms with Gasteiger partial charge in [0.1, 0.15) is 0 Å². The molecule has 3 rings (SSSR count). The Bertz CT molecular complexity index is 680. The zero-order valence-electron chi connectivity index (χ0n) is 19.4. The summed E-state index contributed by atoms with van der Waals surface area (Å²) in [6.45, 7) is 10.7. The molecule has 1 aromatic rings. The summed E-state index contributed by atoms with van der Waals surface area (Å²) in [7, 11) is 4.35. The first-order valence-corrected chi connectivity index (χ1v) is 11.4. The summed E-state index contributed by atoms with van der Waals surface area (Å²) in [5, 5.41) is 3.52. The lowest BCUT2D eigenvalue weighted by Gasteiger charge is -2.42. The summed E-state index contributed by atoms with van der Waals surface area (Å²) in [6.07, 6.45) is 6.58. The first kappa shape index (κ1) is 26.1. The molecule has 174 valence electrons. The van der Waals surface area contributed by atoms with Crippen LogP contribution < -0.4 is 5.32 Å². The molecular formula is C24H40IN5O. The van der Waals surface area contributed by atoms with Crippen LogP contribution in [0.25, 0.3) is 6.08 Å². The second-order valence-electron chi connectivity index (χ2n) is 8.50. The maximum Gasteiger partial charge on any atom is 0.194 e. The molecule has 0 bridgehead atoms. The van der Waals surface area contributed by atoms with Gasteiger partial charge in [0.2, 0.25) is 0 Å². The van der Waals surface area contributed by atoms with Crippen LogP contribution in [-0.4, -0.2) is 99.3 Å². The Labute approximate surface area is 205 Å². The van der Waals surface area contributed by atoms with Gasteiger partial charge in [-0.25, -0.2) is 0 Å². The molecule has 0 aromatic heterocycles. The van der Waals surface area contributed by atoms with E-state index in [0.29, 0.717) is 0 Å². The molecule has 6 nitrogen and oxygen atoms in total. The van der Waals surface area contributed by atoms with Crippen molar-refractivity contribution >= 4 is 36.0 Å². The van der Waals surface area contributed by atoms with Crippen LogP contribution in [0.1, 0.15) is 25.3 Å². The minimum absolute atomic E-state index is 0. The lowest BCUT2D eigenvalue weighted by molar-refractivity contribution is -0.00267. The van der Waals surface area contributed by atoms with E-state index < -0.39 is 0 Å². The number of ether oxygens (including phenoxy) is 1. The number of hydrogen-bond donors (Lipinski definition) is 1. The van der Waals surface area contributed by atoms with E-state index in [1.54, 1.807) is 0 Å². The van der Waals surface area contributed by atoms with Crippen LogP contribution in [0.4, 0.5) is 0 Å². The van der Waals surface area contributed by atoms with Crippen LogP contribution >= 0.6 is 24.0 Å². The van der Waals surface area contributed by atoms with Crippen molar-refractivity contribution in [2.75, 3.05) is 73.1 Å². The normalized spacial score (nSPS) is 20.1. The molecule has 0 saturated carbocycles. The van der Waals surface area contributed by atoms with E-state index in [1.165, 1.54) is 5.56 Å². The van der Waals surface area contributed by atoms with Crippen molar-refractivity contribution in [3.05, 3.63) is 42.0 Å². The number of nitrogens with one attached hydrogen (secondary N) is 1. The van der Waals surface area contributed by atoms with E-state index in [4.69, 9.17) is 9.73 Å². The number of nitrogens with zero attached hydrogens (tertiary/aromatic N) is 4. The van der Waals surface area contributed by atoms with Crippen LogP contribution in [0, 0.1) is 0 Å². The summed E-state index contributed by atoms with van der Waals surface area (Å²) < 4.78 is 5.61. The highest BCUT2D eigenvalue weighted by molar-refractivity contribution is 14.0. The number of benzene rings is 1. The third-order valence-corrected chi connectivity index (χ3v) is 6.38. The van der Waals surface area contributed by atoms with Gasteiger partial charge in [0.15, 0.2) is 5.96 Å². The molecule has 0 spiro atoms. The third kappa shape index (κ3) is 7.73. The Morgan fingerprint density at radius 3 is 2.42 bits per heavy atom. The maximum absolute atomic E-state index is 5.61. The van der Waals surface area contributed by atoms with Crippen molar-refractivity contribution in [3.63, 3.8) is 0 Å². The Morgan fingerprint density at radius 2 is 1.81 bits per heavy atom. The minimum Gasteiger partial charge on any atom is -0.381 e. The van der Waals surface area contributed by atoms with Gasteiger partial charge in [0.25, 0.3) is 0 Å². The van der Waals surface area contributed by atoms with Gasteiger partial charge in [-0.1, -0.05) is 42.5 Å². The van der Waals surface area contributed by atoms with Crippen LogP contribution in [-0.2, 0) is 4.74 Å². The highest BCUT2D eigenvalue weighted by Gasteiger charge is 2.35. The predicted molar refractivity (Wildman–Crippen MR) is 141 cm³/mol. The number of aliphatic imine (C=N–C) groups is 1. The molecular weight excluding hydrogens is 501 g/mol. The van der Waals surface area contributed by atoms with Crippen molar-refractivity contribution in [1.29, 1.82) is 0 Å². The van der Waals surface area contributed by atoms with E-state index in [2.05, 4.69) is 83.5 Å². The molecule has 1 N–H and O–H groups in total. The van der Waals surface area contributed by atoms with Crippen LogP contribution in [0.2, 0.25) is 0 Å². The van der Waals surface area contributed by atoms with Gasteiger partial charge >= 0.3 is 0 Å². The first-order valence-electron chi connectivity index (χ1n) is 11.4. The van der Waals surface area contributed by atoms with E-state index in [0.717, 1.165) is 77.8 Å². The van der Waals surface area contributed by atoms with E-state index in [1.807, 2.05) is 0 Å². The average molecular weight is 542 g/mol. The SMILES string of the molecule is CCNC(=NCC1(N(C)C)CCOCC1)N1CCN(C/C=C/c2ccccc2)CC1.I. The van der Waals surface area contributed by atoms with E-state index in [9.17, 15) is 0 Å². The topological polar surface area (TPSA) is 43.3 Å². The quantitative estimate of drug-likeness (QED) is 0.327. The smallest absolute Gasteiger partial charge is 0.194 e. The molecule has 0 aliphatic carbocycles. The second kappa shape index (κ2) is 13.4. The lowest BCUT2D eigenvalue weighted by atomic mass is 9.89. The second-order valence-corrected chi connectivity index (χ2v) is 8.50. The summed E-state index contributed by atoms with van der Waals surface area (Å²) in [5.74, 6) is 1.06. The summed E-state index contributed by atoms with van der Waals surface area (Å²) in [5.41, 5.74) is 1.38. The fourth-order valence-corrected chi connectivity index (χ4v) is 4.19. The third-order valence-electron chi connectivity index (χ3n) is 6.38. The highest BCUT2D eigenvalue weighted by atomic mass is 127. The van der Waals surface area contributed by atoms with Gasteiger partial charge in [-0.05, 0) is 39.4 Å². The standard InChI is InChI=1S/C24H39N5O.HI/c1-4-25-23(26-21-24(27(2)3)12-19-30-20-13-24)29-17-15-28(16-18-29)14-8-11-22-9-6-5-7-10-22;/h5-11H,4,12-21H2,1-3H3,(H,25,26);1H/b11-8+;. The predicted octanol–water partition coefficient (Wildman–Crippen LogP) is 3.01. The summed E-state index contributed by atoms with van der Waals surface area (Å²) >= 11 is 0. The van der Waals surface area contributed by atoms with Gasteiger partial charge in [0.05, 0.1) is 6.54 Å². The fraction of sp³-hybridized carbons (Fsp3) is 0.625. The number of hydrogen-bond acceptors (Lipinski definition) is 4. The first-order chi connectivity index (χ1) is 14.6. The number of likely N-dealkylation sites (N-methyl/N-ethyl adjacent to an activating group) is 1. The molecule has 2 fully saturated rings. The van der Waals surface area contributed by atoms with Crippen molar-refractivity contribution in [2.24, 2.45) is 4.99 Å². The fourth-order valence-electron chi connectivity index (χ4n) is 4.19. The van der Waals surface area contributed by atoms with E-state index >= 15 is 0 Å². The Kier molecular flexibility index (Phi) is 11.3. The molecule has 1 aromatic carbocycles. The van der Waals surface area contributed by atoms with Gasteiger partial charge in [-0.2, -0.15) is 0 Å². The van der Waals surface area contributed by atoms with Gasteiger partial charge in [0, 0.05) is 58.0 Å². The van der Waals surface area contributed by atoms with Crippen LogP contribution in [0.5, 0.6) is 0 Å². The minimum atomic E-state index is 0. The van der Waals surface area contributed by atoms with Gasteiger partial charge in [-0.3, -0.25) is 9.89 Å². The number of rotatable bonds is 7. The molecule has 31 heavy (non-hydrogen) atoms. The monoisotopic (exact) mass is 541 g/mol. The van der Waals surface area contributed by atoms with Crippen molar-refractivity contribution in [1.82, 2.24) is 20.0 Å². The Balaban J connectivity index is 0.00000341. The molecule has 0 amide bonds. The number of guanidine groups is 1. The number of piperazine rings is 1. The molecule has 2 aliphatic rings.